The molecule has 1 heterocycles. The number of anilines is 3. The highest BCUT2D eigenvalue weighted by atomic mass is 35.5. The normalized spacial score (nSPS) is 15.1. The third-order valence-electron chi connectivity index (χ3n) is 6.11. The van der Waals surface area contributed by atoms with Crippen molar-refractivity contribution in [3.8, 4) is 6.07 Å². The van der Waals surface area contributed by atoms with E-state index in [1.165, 1.54) is 17.0 Å². The third kappa shape index (κ3) is 9.21. The van der Waals surface area contributed by atoms with Crippen molar-refractivity contribution in [1.29, 1.82) is 5.26 Å². The molecule has 220 valence electrons. The number of nitrogens with two attached hydrogens (primary N) is 1. The van der Waals surface area contributed by atoms with Crippen LogP contribution < -0.4 is 21.3 Å². The van der Waals surface area contributed by atoms with Crippen LogP contribution in [0.15, 0.2) is 72.8 Å². The van der Waals surface area contributed by atoms with E-state index in [2.05, 4.69) is 10.6 Å². The van der Waals surface area contributed by atoms with Gasteiger partial charge in [0.15, 0.2) is 0 Å². The maximum absolute atomic E-state index is 14.2. The van der Waals surface area contributed by atoms with E-state index in [-0.39, 0.29) is 28.5 Å². The number of benzene rings is 3. The molecule has 0 radical (unpaired) electrons. The SMILES string of the molecule is N#Cc1cc(F)cc(N2CC(NC(=O)C(CCC(F)(F)F)CC(N)=O)C(=O)Nc3c(Cl)cccc32)c1.c1ccccc1. The molecule has 0 aromatic heterocycles. The van der Waals surface area contributed by atoms with Crippen molar-refractivity contribution < 1.29 is 31.9 Å². The highest BCUT2D eigenvalue weighted by Gasteiger charge is 2.35. The maximum atomic E-state index is 14.2. The summed E-state index contributed by atoms with van der Waals surface area (Å²) in [6.07, 6.45) is -7.26. The molecule has 0 fully saturated rings. The van der Waals surface area contributed by atoms with Gasteiger partial charge in [0, 0.05) is 24.4 Å². The zero-order chi connectivity index (χ0) is 30.9. The molecular formula is C29H26ClF4N5O3. The van der Waals surface area contributed by atoms with Crippen molar-refractivity contribution in [1.82, 2.24) is 5.32 Å². The van der Waals surface area contributed by atoms with Crippen molar-refractivity contribution in [3.05, 3.63) is 89.2 Å². The number of halogens is 5. The lowest BCUT2D eigenvalue weighted by Gasteiger charge is -2.28. The van der Waals surface area contributed by atoms with Gasteiger partial charge in [0.05, 0.1) is 34.6 Å². The van der Waals surface area contributed by atoms with Crippen LogP contribution >= 0.6 is 11.6 Å². The molecule has 0 saturated heterocycles. The molecule has 2 atom stereocenters. The Balaban J connectivity index is 0.000000715. The van der Waals surface area contributed by atoms with Gasteiger partial charge in [0.1, 0.15) is 11.9 Å². The van der Waals surface area contributed by atoms with Gasteiger partial charge < -0.3 is 21.3 Å². The molecule has 1 aliphatic heterocycles. The Morgan fingerprint density at radius 1 is 1.12 bits per heavy atom. The number of para-hydroxylation sites is 1. The highest BCUT2D eigenvalue weighted by Crippen LogP contribution is 2.39. The molecule has 13 heteroatoms. The first kappa shape index (κ1) is 31.9. The number of carbonyl (C=O) groups excluding carboxylic acids is 3. The van der Waals surface area contributed by atoms with Gasteiger partial charge in [-0.05, 0) is 36.8 Å². The van der Waals surface area contributed by atoms with Crippen LogP contribution in [-0.2, 0) is 14.4 Å². The Labute approximate surface area is 244 Å². The predicted octanol–water partition coefficient (Wildman–Crippen LogP) is 5.45. The minimum Gasteiger partial charge on any atom is -0.370 e. The lowest BCUT2D eigenvalue weighted by molar-refractivity contribution is -0.143. The lowest BCUT2D eigenvalue weighted by atomic mass is 9.97. The number of rotatable bonds is 7. The lowest BCUT2D eigenvalue weighted by Crippen LogP contribution is -2.50. The summed E-state index contributed by atoms with van der Waals surface area (Å²) in [4.78, 5) is 38.6. The average Bonchev–Trinajstić information content (AvgIpc) is 3.08. The van der Waals surface area contributed by atoms with Crippen LogP contribution in [0, 0.1) is 23.1 Å². The molecule has 3 amide bonds. The summed E-state index contributed by atoms with van der Waals surface area (Å²) in [5.41, 5.74) is 5.74. The van der Waals surface area contributed by atoms with Crippen LogP contribution in [-0.4, -0.2) is 36.5 Å². The summed E-state index contributed by atoms with van der Waals surface area (Å²) in [6.45, 7) is -0.290. The van der Waals surface area contributed by atoms with Gasteiger partial charge in [-0.1, -0.05) is 54.1 Å². The Hall–Kier alpha value is -4.63. The molecular weight excluding hydrogens is 578 g/mol. The van der Waals surface area contributed by atoms with E-state index in [4.69, 9.17) is 17.3 Å². The summed E-state index contributed by atoms with van der Waals surface area (Å²) in [6, 6.07) is 20.6. The topological polar surface area (TPSA) is 128 Å². The second-order valence-corrected chi connectivity index (χ2v) is 9.69. The molecule has 0 bridgehead atoms. The van der Waals surface area contributed by atoms with Crippen molar-refractivity contribution in [3.63, 3.8) is 0 Å². The number of hydrogen-bond acceptors (Lipinski definition) is 5. The van der Waals surface area contributed by atoms with Crippen LogP contribution in [0.4, 0.5) is 34.6 Å². The Morgan fingerprint density at radius 2 is 1.76 bits per heavy atom. The number of carbonyl (C=O) groups is 3. The number of primary amides is 1. The summed E-state index contributed by atoms with van der Waals surface area (Å²) in [7, 11) is 0. The first-order chi connectivity index (χ1) is 19.9. The molecule has 4 rings (SSSR count). The van der Waals surface area contributed by atoms with E-state index < -0.39 is 60.9 Å². The molecule has 3 aromatic carbocycles. The van der Waals surface area contributed by atoms with Gasteiger partial charge in [0.25, 0.3) is 0 Å². The van der Waals surface area contributed by atoms with Crippen LogP contribution in [0.3, 0.4) is 0 Å². The van der Waals surface area contributed by atoms with Crippen LogP contribution in [0.5, 0.6) is 0 Å². The minimum absolute atomic E-state index is 0.00799. The average molecular weight is 604 g/mol. The maximum Gasteiger partial charge on any atom is 0.389 e. The zero-order valence-electron chi connectivity index (χ0n) is 22.0. The Morgan fingerprint density at radius 3 is 2.33 bits per heavy atom. The van der Waals surface area contributed by atoms with Crippen LogP contribution in [0.25, 0.3) is 0 Å². The number of alkyl halides is 3. The van der Waals surface area contributed by atoms with Crippen LogP contribution in [0.1, 0.15) is 24.8 Å². The number of nitrogens with zero attached hydrogens (tertiary/aromatic N) is 2. The predicted molar refractivity (Wildman–Crippen MR) is 149 cm³/mol. The second-order valence-electron chi connectivity index (χ2n) is 9.28. The number of hydrogen-bond donors (Lipinski definition) is 3. The summed E-state index contributed by atoms with van der Waals surface area (Å²) >= 11 is 6.25. The molecule has 0 aliphatic carbocycles. The van der Waals surface area contributed by atoms with E-state index in [1.807, 2.05) is 42.5 Å². The van der Waals surface area contributed by atoms with Crippen molar-refractivity contribution in [2.24, 2.45) is 11.7 Å². The van der Waals surface area contributed by atoms with Gasteiger partial charge in [-0.3, -0.25) is 14.4 Å². The van der Waals surface area contributed by atoms with Gasteiger partial charge >= 0.3 is 6.18 Å². The molecule has 3 aromatic rings. The molecule has 1 aliphatic rings. The first-order valence-electron chi connectivity index (χ1n) is 12.6. The van der Waals surface area contributed by atoms with Gasteiger partial charge in [-0.15, -0.1) is 0 Å². The van der Waals surface area contributed by atoms with E-state index >= 15 is 0 Å². The molecule has 4 N–H and O–H groups in total. The van der Waals surface area contributed by atoms with E-state index in [1.54, 1.807) is 12.1 Å². The smallest absolute Gasteiger partial charge is 0.370 e. The standard InChI is InChI=1S/C23H20ClF4N5O3.C6H6/c24-16-2-1-3-18-20(16)32-22(36)17(11-33(18)15-7-12(10-29)6-14(25)9-15)31-21(35)13(8-19(30)34)4-5-23(26,27)28;1-2-4-6-5-3-1/h1-3,6-7,9,13,17H,4-5,8,11H2,(H2,30,34)(H,31,35)(H,32,36);1-6H. The highest BCUT2D eigenvalue weighted by molar-refractivity contribution is 6.34. The van der Waals surface area contributed by atoms with Crippen molar-refractivity contribution in [2.45, 2.75) is 31.5 Å². The summed E-state index contributed by atoms with van der Waals surface area (Å²) in [5, 5.41) is 14.3. The van der Waals surface area contributed by atoms with Crippen molar-refractivity contribution >= 4 is 46.4 Å². The number of nitrogens with one attached hydrogen (secondary N) is 2. The van der Waals surface area contributed by atoms with Gasteiger partial charge in [-0.25, -0.2) is 4.39 Å². The zero-order valence-corrected chi connectivity index (χ0v) is 22.8. The quantitative estimate of drug-likeness (QED) is 0.310. The molecule has 42 heavy (non-hydrogen) atoms. The summed E-state index contributed by atoms with van der Waals surface area (Å²) < 4.78 is 52.4. The number of nitriles is 1. The fraction of sp³-hybridized carbons (Fsp3) is 0.241. The van der Waals surface area contributed by atoms with E-state index in [0.717, 1.165) is 12.1 Å². The molecule has 0 saturated carbocycles. The van der Waals surface area contributed by atoms with Gasteiger partial charge in [-0.2, -0.15) is 18.4 Å². The molecule has 8 nitrogen and oxygen atoms in total. The van der Waals surface area contributed by atoms with Gasteiger partial charge in [0.2, 0.25) is 17.7 Å². The Kier molecular flexibility index (Phi) is 10.9. The van der Waals surface area contributed by atoms with Crippen molar-refractivity contribution in [2.75, 3.05) is 16.8 Å². The number of fused-ring (bicyclic) bond motifs is 1. The van der Waals surface area contributed by atoms with E-state index in [9.17, 15) is 37.2 Å². The number of amides is 3. The molecule has 0 spiro atoms. The monoisotopic (exact) mass is 603 g/mol. The van der Waals surface area contributed by atoms with E-state index in [0.29, 0.717) is 5.69 Å². The third-order valence-corrected chi connectivity index (χ3v) is 6.43. The largest absolute Gasteiger partial charge is 0.389 e. The fourth-order valence-electron chi connectivity index (χ4n) is 4.17. The molecule has 2 unspecified atom stereocenters. The van der Waals surface area contributed by atoms with Crippen LogP contribution in [0.2, 0.25) is 5.02 Å². The first-order valence-corrected chi connectivity index (χ1v) is 13.0. The second kappa shape index (κ2) is 14.3. The fourth-order valence-corrected chi connectivity index (χ4v) is 4.38. The minimum atomic E-state index is -4.57. The summed E-state index contributed by atoms with van der Waals surface area (Å²) in [5.74, 6) is -4.87. The Bertz CT molecular complexity index is 1440.